The molecule has 0 radical (unpaired) electrons. The summed E-state index contributed by atoms with van der Waals surface area (Å²) in [6.45, 7) is 6.05. The van der Waals surface area contributed by atoms with Crippen LogP contribution in [0.1, 0.15) is 25.8 Å². The van der Waals surface area contributed by atoms with Gasteiger partial charge in [-0.25, -0.2) is 0 Å². The van der Waals surface area contributed by atoms with E-state index in [1.165, 1.54) is 5.56 Å². The standard InChI is InChI=1S/C13H21NO/c1-3-14(15,4-2)12-8-11-13-9-6-5-7-10-13/h5-7,9-10H,3-4,8,11-12H2,1-2H3. The summed E-state index contributed by atoms with van der Waals surface area (Å²) in [7, 11) is 0. The zero-order valence-corrected chi connectivity index (χ0v) is 9.78. The van der Waals surface area contributed by atoms with Gasteiger partial charge in [0.1, 0.15) is 0 Å². The molecule has 0 saturated heterocycles. The number of hydrogen-bond donors (Lipinski definition) is 0. The summed E-state index contributed by atoms with van der Waals surface area (Å²) >= 11 is 0. The van der Waals surface area contributed by atoms with Crippen molar-refractivity contribution in [2.45, 2.75) is 26.7 Å². The first-order valence-electron chi connectivity index (χ1n) is 5.81. The van der Waals surface area contributed by atoms with E-state index in [1.54, 1.807) is 0 Å². The molecule has 0 unspecified atom stereocenters. The molecule has 1 aromatic rings. The summed E-state index contributed by atoms with van der Waals surface area (Å²) in [5, 5.41) is 12.0. The molecule has 0 amide bonds. The van der Waals surface area contributed by atoms with E-state index in [9.17, 15) is 5.21 Å². The van der Waals surface area contributed by atoms with E-state index in [-0.39, 0.29) is 4.65 Å². The van der Waals surface area contributed by atoms with E-state index < -0.39 is 0 Å². The SMILES string of the molecule is CC[N+]([O-])(CC)CCCc1ccccc1. The molecule has 2 nitrogen and oxygen atoms in total. The highest BCUT2D eigenvalue weighted by atomic mass is 16.5. The minimum absolute atomic E-state index is 0.0488. The molecule has 0 fully saturated rings. The van der Waals surface area contributed by atoms with Crippen LogP contribution >= 0.6 is 0 Å². The molecular weight excluding hydrogens is 186 g/mol. The summed E-state index contributed by atoms with van der Waals surface area (Å²) in [6.07, 6.45) is 2.00. The second-order valence-electron chi connectivity index (χ2n) is 4.00. The molecule has 1 aromatic carbocycles. The second-order valence-corrected chi connectivity index (χ2v) is 4.00. The zero-order chi connectivity index (χ0) is 11.1. The van der Waals surface area contributed by atoms with Gasteiger partial charge in [0.15, 0.2) is 0 Å². The Hall–Kier alpha value is -0.860. The normalized spacial score (nSPS) is 11.7. The highest BCUT2D eigenvalue weighted by Gasteiger charge is 2.10. The topological polar surface area (TPSA) is 23.1 Å². The molecule has 84 valence electrons. The first kappa shape index (κ1) is 12.2. The van der Waals surface area contributed by atoms with Crippen molar-refractivity contribution >= 4 is 0 Å². The molecule has 15 heavy (non-hydrogen) atoms. The van der Waals surface area contributed by atoms with Crippen LogP contribution in [0.5, 0.6) is 0 Å². The monoisotopic (exact) mass is 207 g/mol. The van der Waals surface area contributed by atoms with E-state index in [0.29, 0.717) is 13.1 Å². The van der Waals surface area contributed by atoms with Crippen LogP contribution in [0, 0.1) is 5.21 Å². The van der Waals surface area contributed by atoms with Gasteiger partial charge in [-0.1, -0.05) is 30.3 Å². The van der Waals surface area contributed by atoms with Gasteiger partial charge in [0.2, 0.25) is 0 Å². The minimum Gasteiger partial charge on any atom is -0.633 e. The number of hydroxylamine groups is 3. The molecule has 0 saturated carbocycles. The fraction of sp³-hybridized carbons (Fsp3) is 0.538. The average Bonchev–Trinajstić information content (AvgIpc) is 2.30. The fourth-order valence-corrected chi connectivity index (χ4v) is 1.76. The Balaban J connectivity index is 2.33. The number of nitrogens with zero attached hydrogens (tertiary/aromatic N) is 1. The molecule has 0 aliphatic rings. The molecule has 0 N–H and O–H groups in total. The van der Waals surface area contributed by atoms with E-state index in [2.05, 4.69) is 12.1 Å². The molecular formula is C13H21NO. The van der Waals surface area contributed by atoms with Crippen LogP contribution in [0.3, 0.4) is 0 Å². The summed E-state index contributed by atoms with van der Waals surface area (Å²) in [6, 6.07) is 10.4. The molecule has 0 heterocycles. The largest absolute Gasteiger partial charge is 0.633 e. The minimum atomic E-state index is -0.0488. The average molecular weight is 207 g/mol. The number of hydrogen-bond acceptors (Lipinski definition) is 1. The Morgan fingerprint density at radius 2 is 1.67 bits per heavy atom. The summed E-state index contributed by atoms with van der Waals surface area (Å²) < 4.78 is -0.0488. The molecule has 1 rings (SSSR count). The second kappa shape index (κ2) is 5.89. The Kier molecular flexibility index (Phi) is 4.79. The molecule has 0 aromatic heterocycles. The first-order valence-corrected chi connectivity index (χ1v) is 5.81. The van der Waals surface area contributed by atoms with Gasteiger partial charge in [-0.15, -0.1) is 0 Å². The quantitative estimate of drug-likeness (QED) is 0.519. The number of benzene rings is 1. The van der Waals surface area contributed by atoms with Gasteiger partial charge < -0.3 is 9.85 Å². The van der Waals surface area contributed by atoms with Crippen molar-refractivity contribution < 1.29 is 4.65 Å². The van der Waals surface area contributed by atoms with E-state index in [4.69, 9.17) is 0 Å². The predicted molar refractivity (Wildman–Crippen MR) is 64.3 cm³/mol. The van der Waals surface area contributed by atoms with Crippen LogP contribution in [0.4, 0.5) is 0 Å². The third-order valence-electron chi connectivity index (χ3n) is 3.03. The summed E-state index contributed by atoms with van der Waals surface area (Å²) in [4.78, 5) is 0. The molecule has 0 aliphatic carbocycles. The van der Waals surface area contributed by atoms with Crippen LogP contribution in [0.2, 0.25) is 0 Å². The van der Waals surface area contributed by atoms with Crippen molar-refractivity contribution in [3.63, 3.8) is 0 Å². The van der Waals surface area contributed by atoms with Gasteiger partial charge in [0, 0.05) is 6.42 Å². The lowest BCUT2D eigenvalue weighted by Crippen LogP contribution is -2.42. The van der Waals surface area contributed by atoms with E-state index >= 15 is 0 Å². The summed E-state index contributed by atoms with van der Waals surface area (Å²) in [5.41, 5.74) is 1.33. The summed E-state index contributed by atoms with van der Waals surface area (Å²) in [5.74, 6) is 0. The van der Waals surface area contributed by atoms with Gasteiger partial charge in [0.25, 0.3) is 0 Å². The zero-order valence-electron chi connectivity index (χ0n) is 9.78. The van der Waals surface area contributed by atoms with Crippen molar-refractivity contribution in [1.82, 2.24) is 0 Å². The smallest absolute Gasteiger partial charge is 0.0787 e. The highest BCUT2D eigenvalue weighted by Crippen LogP contribution is 2.08. The van der Waals surface area contributed by atoms with Gasteiger partial charge in [-0.3, -0.25) is 0 Å². The van der Waals surface area contributed by atoms with Crippen molar-refractivity contribution in [2.75, 3.05) is 19.6 Å². The van der Waals surface area contributed by atoms with Crippen LogP contribution in [0.25, 0.3) is 0 Å². The van der Waals surface area contributed by atoms with Crippen molar-refractivity contribution in [3.8, 4) is 0 Å². The number of quaternary nitrogens is 1. The lowest BCUT2D eigenvalue weighted by Gasteiger charge is -2.41. The number of rotatable bonds is 6. The maximum atomic E-state index is 12.0. The predicted octanol–water partition coefficient (Wildman–Crippen LogP) is 2.97. The Labute approximate surface area is 92.7 Å². The van der Waals surface area contributed by atoms with Gasteiger partial charge in [-0.2, -0.15) is 0 Å². The van der Waals surface area contributed by atoms with Gasteiger partial charge in [0.05, 0.1) is 19.6 Å². The highest BCUT2D eigenvalue weighted by molar-refractivity contribution is 5.14. The Bertz CT molecular complexity index is 267. The molecule has 0 aliphatic heterocycles. The third-order valence-corrected chi connectivity index (χ3v) is 3.03. The fourth-order valence-electron chi connectivity index (χ4n) is 1.76. The third kappa shape index (κ3) is 4.02. The molecule has 0 spiro atoms. The van der Waals surface area contributed by atoms with Crippen LogP contribution in [0.15, 0.2) is 30.3 Å². The van der Waals surface area contributed by atoms with Gasteiger partial charge >= 0.3 is 0 Å². The molecule has 0 bridgehead atoms. The molecule has 0 atom stereocenters. The van der Waals surface area contributed by atoms with Crippen LogP contribution < -0.4 is 0 Å². The van der Waals surface area contributed by atoms with Crippen molar-refractivity contribution in [1.29, 1.82) is 0 Å². The first-order chi connectivity index (χ1) is 7.20. The van der Waals surface area contributed by atoms with Crippen molar-refractivity contribution in [2.24, 2.45) is 0 Å². The van der Waals surface area contributed by atoms with Crippen LogP contribution in [-0.2, 0) is 6.42 Å². The Morgan fingerprint density at radius 1 is 1.07 bits per heavy atom. The van der Waals surface area contributed by atoms with Crippen LogP contribution in [-0.4, -0.2) is 24.3 Å². The number of aryl methyl sites for hydroxylation is 1. The van der Waals surface area contributed by atoms with E-state index in [1.807, 2.05) is 32.0 Å². The van der Waals surface area contributed by atoms with Gasteiger partial charge in [-0.05, 0) is 25.8 Å². The van der Waals surface area contributed by atoms with E-state index in [0.717, 1.165) is 19.4 Å². The lowest BCUT2D eigenvalue weighted by molar-refractivity contribution is -0.877. The maximum Gasteiger partial charge on any atom is 0.0787 e. The van der Waals surface area contributed by atoms with Crippen molar-refractivity contribution in [3.05, 3.63) is 41.1 Å². The Morgan fingerprint density at radius 3 is 2.20 bits per heavy atom. The molecule has 2 heteroatoms. The maximum absolute atomic E-state index is 12.0. The lowest BCUT2D eigenvalue weighted by atomic mass is 10.1.